The van der Waals surface area contributed by atoms with Gasteiger partial charge in [-0.1, -0.05) is 16.9 Å². The van der Waals surface area contributed by atoms with Crippen LogP contribution in [-0.4, -0.2) is 20.9 Å². The van der Waals surface area contributed by atoms with E-state index in [0.29, 0.717) is 39.3 Å². The van der Waals surface area contributed by atoms with E-state index in [1.54, 1.807) is 24.3 Å². The molecule has 6 nitrogen and oxygen atoms in total. The van der Waals surface area contributed by atoms with E-state index in [1.807, 2.05) is 16.8 Å². The summed E-state index contributed by atoms with van der Waals surface area (Å²) in [5.41, 5.74) is 2.35. The molecule has 8 heteroatoms. The van der Waals surface area contributed by atoms with Crippen LogP contribution in [0.3, 0.4) is 0 Å². The first-order valence-corrected chi connectivity index (χ1v) is 8.92. The Bertz CT molecular complexity index is 926. The molecule has 24 heavy (non-hydrogen) atoms. The van der Waals surface area contributed by atoms with E-state index in [0.717, 1.165) is 5.56 Å². The van der Waals surface area contributed by atoms with Gasteiger partial charge in [0.05, 0.1) is 11.3 Å². The van der Waals surface area contributed by atoms with Gasteiger partial charge >= 0.3 is 0 Å². The number of hydrogen-bond acceptors (Lipinski definition) is 8. The van der Waals surface area contributed by atoms with E-state index in [1.165, 1.54) is 18.7 Å². The molecule has 3 aromatic heterocycles. The highest BCUT2D eigenvalue weighted by Gasteiger charge is 2.15. The molecule has 0 saturated heterocycles. The Hall–Kier alpha value is -2.50. The Morgan fingerprint density at radius 2 is 2.29 bits per heavy atom. The molecule has 0 aliphatic rings. The summed E-state index contributed by atoms with van der Waals surface area (Å²) in [7, 11) is 0. The molecule has 0 atom stereocenters. The van der Waals surface area contributed by atoms with Crippen molar-refractivity contribution in [1.82, 2.24) is 15.1 Å². The predicted molar refractivity (Wildman–Crippen MR) is 90.9 cm³/mol. The third-order valence-corrected chi connectivity index (χ3v) is 4.92. The zero-order valence-corrected chi connectivity index (χ0v) is 14.6. The van der Waals surface area contributed by atoms with Crippen molar-refractivity contribution < 1.29 is 9.32 Å². The van der Waals surface area contributed by atoms with Crippen molar-refractivity contribution in [1.29, 1.82) is 5.26 Å². The monoisotopic (exact) mass is 356 g/mol. The average Bonchev–Trinajstić information content (AvgIpc) is 3.23. The van der Waals surface area contributed by atoms with Crippen molar-refractivity contribution in [2.24, 2.45) is 0 Å². The zero-order valence-electron chi connectivity index (χ0n) is 12.9. The van der Waals surface area contributed by atoms with Gasteiger partial charge in [0, 0.05) is 22.2 Å². The smallest absolute Gasteiger partial charge is 0.237 e. The molecule has 0 spiro atoms. The molecule has 0 saturated carbocycles. The Labute approximate surface area is 146 Å². The standard InChI is InChI=1S/C16H12N4O2S2/c1-9-13(10(2)21)5-12(6-17)16(18-9)24-8-14-19-15(20-22-14)11-3-4-23-7-11/h3-5,7H,8H2,1-2H3. The van der Waals surface area contributed by atoms with Gasteiger partial charge < -0.3 is 4.52 Å². The van der Waals surface area contributed by atoms with Crippen molar-refractivity contribution in [2.45, 2.75) is 24.6 Å². The fraction of sp³-hybridized carbons (Fsp3) is 0.188. The first-order chi connectivity index (χ1) is 11.6. The number of aromatic nitrogens is 3. The van der Waals surface area contributed by atoms with Crippen molar-refractivity contribution in [3.8, 4) is 17.5 Å². The van der Waals surface area contributed by atoms with Crippen LogP contribution in [-0.2, 0) is 5.75 Å². The van der Waals surface area contributed by atoms with Gasteiger partial charge in [0.15, 0.2) is 5.78 Å². The van der Waals surface area contributed by atoms with E-state index in [9.17, 15) is 10.1 Å². The molecule has 0 aromatic carbocycles. The lowest BCUT2D eigenvalue weighted by Gasteiger charge is -2.06. The molecule has 0 unspecified atom stereocenters. The largest absolute Gasteiger partial charge is 0.338 e. The Morgan fingerprint density at radius 3 is 2.96 bits per heavy atom. The highest BCUT2D eigenvalue weighted by Crippen LogP contribution is 2.27. The molecule has 0 bridgehead atoms. The Kier molecular flexibility index (Phi) is 4.74. The number of ketones is 1. The van der Waals surface area contributed by atoms with Crippen LogP contribution in [0.4, 0.5) is 0 Å². The maximum absolute atomic E-state index is 11.6. The molecule has 0 fully saturated rings. The van der Waals surface area contributed by atoms with Gasteiger partial charge in [-0.05, 0) is 31.4 Å². The molecule has 0 N–H and O–H groups in total. The van der Waals surface area contributed by atoms with Crippen LogP contribution in [0, 0.1) is 18.3 Å². The molecular formula is C16H12N4O2S2. The lowest BCUT2D eigenvalue weighted by Crippen LogP contribution is -2.02. The zero-order chi connectivity index (χ0) is 17.1. The summed E-state index contributed by atoms with van der Waals surface area (Å²) in [6.45, 7) is 3.21. The molecular weight excluding hydrogens is 344 g/mol. The number of aryl methyl sites for hydroxylation is 1. The summed E-state index contributed by atoms with van der Waals surface area (Å²) >= 11 is 2.89. The van der Waals surface area contributed by atoms with Gasteiger partial charge in [-0.25, -0.2) is 4.98 Å². The highest BCUT2D eigenvalue weighted by molar-refractivity contribution is 7.98. The van der Waals surface area contributed by atoms with Crippen LogP contribution in [0.25, 0.3) is 11.4 Å². The maximum Gasteiger partial charge on any atom is 0.237 e. The van der Waals surface area contributed by atoms with Crippen LogP contribution < -0.4 is 0 Å². The minimum Gasteiger partial charge on any atom is -0.338 e. The van der Waals surface area contributed by atoms with E-state index < -0.39 is 0 Å². The number of thioether (sulfide) groups is 1. The number of pyridine rings is 1. The van der Waals surface area contributed by atoms with Crippen molar-refractivity contribution in [3.05, 3.63) is 45.6 Å². The summed E-state index contributed by atoms with van der Waals surface area (Å²) in [5, 5.41) is 17.7. The van der Waals surface area contributed by atoms with E-state index in [-0.39, 0.29) is 5.78 Å². The number of carbonyl (C=O) groups is 1. The predicted octanol–water partition coefficient (Wildman–Crippen LogP) is 3.87. The second-order valence-corrected chi connectivity index (χ2v) is 6.70. The van der Waals surface area contributed by atoms with Crippen molar-refractivity contribution in [2.75, 3.05) is 0 Å². The molecule has 0 aliphatic carbocycles. The molecule has 0 aliphatic heterocycles. The van der Waals surface area contributed by atoms with Crippen LogP contribution >= 0.6 is 23.1 Å². The third kappa shape index (κ3) is 3.37. The van der Waals surface area contributed by atoms with Crippen LogP contribution in [0.1, 0.15) is 34.4 Å². The molecule has 3 aromatic rings. The van der Waals surface area contributed by atoms with Gasteiger partial charge in [-0.3, -0.25) is 4.79 Å². The maximum atomic E-state index is 11.6. The minimum atomic E-state index is -0.106. The first-order valence-electron chi connectivity index (χ1n) is 6.99. The fourth-order valence-electron chi connectivity index (χ4n) is 2.08. The number of thiophene rings is 1. The molecule has 3 heterocycles. The topological polar surface area (TPSA) is 92.7 Å². The number of hydrogen-bond donors (Lipinski definition) is 0. The average molecular weight is 356 g/mol. The fourth-order valence-corrected chi connectivity index (χ4v) is 3.56. The molecule has 0 amide bonds. The number of nitriles is 1. The Balaban J connectivity index is 1.79. The second-order valence-electron chi connectivity index (χ2n) is 4.95. The Morgan fingerprint density at radius 1 is 1.46 bits per heavy atom. The van der Waals surface area contributed by atoms with Gasteiger partial charge in [0.25, 0.3) is 0 Å². The number of Topliss-reactive ketones (excluding diaryl/α,β-unsaturated/α-hetero) is 1. The third-order valence-electron chi connectivity index (χ3n) is 3.26. The van der Waals surface area contributed by atoms with E-state index in [2.05, 4.69) is 21.2 Å². The summed E-state index contributed by atoms with van der Waals surface area (Å²) in [4.78, 5) is 20.3. The number of carbonyl (C=O) groups excluding carboxylic acids is 1. The SMILES string of the molecule is CC(=O)c1cc(C#N)c(SCc2nc(-c3ccsc3)no2)nc1C. The van der Waals surface area contributed by atoms with E-state index in [4.69, 9.17) is 4.52 Å². The number of rotatable bonds is 5. The van der Waals surface area contributed by atoms with Crippen molar-refractivity contribution in [3.63, 3.8) is 0 Å². The van der Waals surface area contributed by atoms with E-state index >= 15 is 0 Å². The summed E-state index contributed by atoms with van der Waals surface area (Å²) in [5.74, 6) is 1.30. The summed E-state index contributed by atoms with van der Waals surface area (Å²) in [6, 6.07) is 5.58. The normalized spacial score (nSPS) is 10.5. The van der Waals surface area contributed by atoms with Gasteiger partial charge in [-0.2, -0.15) is 21.6 Å². The van der Waals surface area contributed by atoms with Crippen molar-refractivity contribution >= 4 is 28.9 Å². The minimum absolute atomic E-state index is 0.106. The second kappa shape index (κ2) is 6.95. The lowest BCUT2D eigenvalue weighted by atomic mass is 10.1. The van der Waals surface area contributed by atoms with Crippen LogP contribution in [0.15, 0.2) is 32.4 Å². The van der Waals surface area contributed by atoms with Gasteiger partial charge in [0.1, 0.15) is 11.1 Å². The van der Waals surface area contributed by atoms with Crippen LogP contribution in [0.2, 0.25) is 0 Å². The van der Waals surface area contributed by atoms with Gasteiger partial charge in [0.2, 0.25) is 11.7 Å². The highest BCUT2D eigenvalue weighted by atomic mass is 32.2. The lowest BCUT2D eigenvalue weighted by molar-refractivity contribution is 0.101. The summed E-state index contributed by atoms with van der Waals surface area (Å²) < 4.78 is 5.23. The van der Waals surface area contributed by atoms with Crippen LogP contribution in [0.5, 0.6) is 0 Å². The summed E-state index contributed by atoms with van der Waals surface area (Å²) in [6.07, 6.45) is 0. The quantitative estimate of drug-likeness (QED) is 0.506. The first kappa shape index (κ1) is 16.4. The molecule has 120 valence electrons. The number of nitrogens with zero attached hydrogens (tertiary/aromatic N) is 4. The molecule has 0 radical (unpaired) electrons. The van der Waals surface area contributed by atoms with Gasteiger partial charge in [-0.15, -0.1) is 0 Å². The molecule has 3 rings (SSSR count).